The number of ketones is 1. The lowest BCUT2D eigenvalue weighted by molar-refractivity contribution is -0.118. The average Bonchev–Trinajstić information content (AvgIpc) is 3.01. The topological polar surface area (TPSA) is 63.7 Å². The Balaban J connectivity index is 1.94. The van der Waals surface area contributed by atoms with Gasteiger partial charge in [-0.15, -0.1) is 0 Å². The molecule has 2 aromatic rings. The molecule has 0 fully saturated rings. The lowest BCUT2D eigenvalue weighted by Crippen LogP contribution is -2.25. The quantitative estimate of drug-likeness (QED) is 0.566. The predicted octanol–water partition coefficient (Wildman–Crippen LogP) is 4.44. The zero-order valence-corrected chi connectivity index (χ0v) is 15.9. The van der Waals surface area contributed by atoms with Gasteiger partial charge >= 0.3 is 5.97 Å². The number of amides is 1. The van der Waals surface area contributed by atoms with Crippen molar-refractivity contribution in [3.8, 4) is 0 Å². The number of anilines is 1. The molecular weight excluding hydrogens is 362 g/mol. The molecule has 0 saturated heterocycles. The van der Waals surface area contributed by atoms with E-state index in [0.29, 0.717) is 34.6 Å². The number of carbonyl (C=O) groups excluding carboxylic acids is 3. The van der Waals surface area contributed by atoms with E-state index in [1.807, 2.05) is 25.1 Å². The van der Waals surface area contributed by atoms with Gasteiger partial charge in [-0.25, -0.2) is 4.79 Å². The molecule has 0 atom stereocenters. The largest absolute Gasteiger partial charge is 0.465 e. The van der Waals surface area contributed by atoms with Crippen LogP contribution in [-0.2, 0) is 9.53 Å². The SMILES string of the molecule is CCCC(=O)N(C=C1Sc2ccccc2C1=O)c1ccc(C(=O)OC)cc1. The molecule has 0 spiro atoms. The third-order valence-corrected chi connectivity index (χ3v) is 5.21. The zero-order chi connectivity index (χ0) is 19.4. The fourth-order valence-corrected chi connectivity index (χ4v) is 3.76. The van der Waals surface area contributed by atoms with Gasteiger partial charge in [0, 0.05) is 28.8 Å². The Bertz CT molecular complexity index is 918. The van der Waals surface area contributed by atoms with Crippen LogP contribution in [0.25, 0.3) is 0 Å². The van der Waals surface area contributed by atoms with Crippen LogP contribution in [0.15, 0.2) is 64.5 Å². The predicted molar refractivity (Wildman–Crippen MR) is 105 cm³/mol. The first-order valence-corrected chi connectivity index (χ1v) is 9.40. The first-order valence-electron chi connectivity index (χ1n) is 8.59. The smallest absolute Gasteiger partial charge is 0.337 e. The van der Waals surface area contributed by atoms with Crippen molar-refractivity contribution in [2.75, 3.05) is 12.0 Å². The summed E-state index contributed by atoms with van der Waals surface area (Å²) >= 11 is 1.36. The molecule has 2 aromatic carbocycles. The van der Waals surface area contributed by atoms with Gasteiger partial charge in [0.15, 0.2) is 0 Å². The summed E-state index contributed by atoms with van der Waals surface area (Å²) in [4.78, 5) is 39.8. The van der Waals surface area contributed by atoms with E-state index in [0.717, 1.165) is 4.90 Å². The van der Waals surface area contributed by atoms with Crippen LogP contribution >= 0.6 is 11.8 Å². The summed E-state index contributed by atoms with van der Waals surface area (Å²) in [7, 11) is 1.32. The minimum Gasteiger partial charge on any atom is -0.465 e. The molecule has 1 heterocycles. The van der Waals surface area contributed by atoms with Crippen LogP contribution in [0.5, 0.6) is 0 Å². The van der Waals surface area contributed by atoms with Gasteiger partial charge in [-0.2, -0.15) is 0 Å². The third kappa shape index (κ3) is 3.95. The Kier molecular flexibility index (Phi) is 5.76. The van der Waals surface area contributed by atoms with E-state index in [-0.39, 0.29) is 11.7 Å². The normalized spacial score (nSPS) is 14.1. The number of rotatable bonds is 5. The van der Waals surface area contributed by atoms with Crippen LogP contribution in [0.1, 0.15) is 40.5 Å². The summed E-state index contributed by atoms with van der Waals surface area (Å²) < 4.78 is 4.70. The Morgan fingerprint density at radius 2 is 1.81 bits per heavy atom. The van der Waals surface area contributed by atoms with Gasteiger partial charge < -0.3 is 4.74 Å². The van der Waals surface area contributed by atoms with E-state index in [9.17, 15) is 14.4 Å². The van der Waals surface area contributed by atoms with Gasteiger partial charge in [-0.3, -0.25) is 14.5 Å². The van der Waals surface area contributed by atoms with Crippen LogP contribution in [-0.4, -0.2) is 24.8 Å². The van der Waals surface area contributed by atoms with Gasteiger partial charge in [0.2, 0.25) is 11.7 Å². The summed E-state index contributed by atoms with van der Waals surface area (Å²) in [5.74, 6) is -0.639. The Hall–Kier alpha value is -2.86. The van der Waals surface area contributed by atoms with Crippen molar-refractivity contribution < 1.29 is 19.1 Å². The molecule has 1 aliphatic rings. The second kappa shape index (κ2) is 8.22. The van der Waals surface area contributed by atoms with E-state index in [2.05, 4.69) is 0 Å². The highest BCUT2D eigenvalue weighted by atomic mass is 32.2. The van der Waals surface area contributed by atoms with E-state index >= 15 is 0 Å². The maximum absolute atomic E-state index is 12.7. The minimum absolute atomic E-state index is 0.0870. The van der Waals surface area contributed by atoms with E-state index in [4.69, 9.17) is 4.74 Å². The molecule has 3 rings (SSSR count). The molecule has 0 N–H and O–H groups in total. The zero-order valence-electron chi connectivity index (χ0n) is 15.1. The van der Waals surface area contributed by atoms with Crippen molar-refractivity contribution in [1.29, 1.82) is 0 Å². The van der Waals surface area contributed by atoms with Crippen molar-refractivity contribution in [3.05, 3.63) is 70.8 Å². The van der Waals surface area contributed by atoms with Gasteiger partial charge in [0.05, 0.1) is 17.6 Å². The Labute approximate surface area is 162 Å². The summed E-state index contributed by atoms with van der Waals surface area (Å²) in [6, 6.07) is 13.9. The molecule has 1 aliphatic heterocycles. The number of hydrogen-bond acceptors (Lipinski definition) is 5. The summed E-state index contributed by atoms with van der Waals surface area (Å²) in [5.41, 5.74) is 1.64. The number of nitrogens with zero attached hydrogens (tertiary/aromatic N) is 1. The van der Waals surface area contributed by atoms with Crippen LogP contribution in [0.3, 0.4) is 0 Å². The second-order valence-corrected chi connectivity index (χ2v) is 7.06. The molecule has 27 heavy (non-hydrogen) atoms. The Morgan fingerprint density at radius 3 is 2.44 bits per heavy atom. The van der Waals surface area contributed by atoms with Gasteiger partial charge in [0.25, 0.3) is 0 Å². The monoisotopic (exact) mass is 381 g/mol. The standard InChI is InChI=1S/C21H19NO4S/c1-3-6-19(23)22(15-11-9-14(10-12-15)21(25)26-2)13-18-20(24)16-7-4-5-8-17(16)27-18/h4-5,7-13H,3,6H2,1-2H3. The molecule has 0 aliphatic carbocycles. The van der Waals surface area contributed by atoms with Crippen molar-refractivity contribution in [2.24, 2.45) is 0 Å². The van der Waals surface area contributed by atoms with Crippen LogP contribution in [0.2, 0.25) is 0 Å². The maximum Gasteiger partial charge on any atom is 0.337 e. The molecule has 0 saturated carbocycles. The minimum atomic E-state index is -0.441. The fourth-order valence-electron chi connectivity index (χ4n) is 2.74. The highest BCUT2D eigenvalue weighted by molar-refractivity contribution is 8.04. The number of Topliss-reactive ketones (excluding diaryl/α,β-unsaturated/α-hetero) is 1. The van der Waals surface area contributed by atoms with Gasteiger partial charge in [0.1, 0.15) is 0 Å². The van der Waals surface area contributed by atoms with Crippen molar-refractivity contribution in [2.45, 2.75) is 24.7 Å². The van der Waals surface area contributed by atoms with Crippen molar-refractivity contribution in [1.82, 2.24) is 0 Å². The fraction of sp³-hybridized carbons (Fsp3) is 0.190. The lowest BCUT2D eigenvalue weighted by atomic mass is 10.1. The first-order chi connectivity index (χ1) is 13.0. The molecule has 6 heteroatoms. The summed E-state index contributed by atoms with van der Waals surface area (Å²) in [6.07, 6.45) is 2.65. The Morgan fingerprint density at radius 1 is 1.11 bits per heavy atom. The third-order valence-electron chi connectivity index (χ3n) is 4.12. The number of allylic oxidation sites excluding steroid dienone is 1. The van der Waals surface area contributed by atoms with Crippen molar-refractivity contribution in [3.63, 3.8) is 0 Å². The highest BCUT2D eigenvalue weighted by Crippen LogP contribution is 2.40. The molecule has 0 radical (unpaired) electrons. The van der Waals surface area contributed by atoms with E-state index < -0.39 is 5.97 Å². The average molecular weight is 381 g/mol. The lowest BCUT2D eigenvalue weighted by Gasteiger charge is -2.19. The molecular formula is C21H19NO4S. The number of fused-ring (bicyclic) bond motifs is 1. The van der Waals surface area contributed by atoms with E-state index in [1.165, 1.54) is 23.8 Å². The number of thioether (sulfide) groups is 1. The number of hydrogen-bond donors (Lipinski definition) is 0. The van der Waals surface area contributed by atoms with Crippen LogP contribution in [0, 0.1) is 0 Å². The summed E-state index contributed by atoms with van der Waals surface area (Å²) in [5, 5.41) is 0. The van der Waals surface area contributed by atoms with E-state index in [1.54, 1.807) is 36.5 Å². The molecule has 138 valence electrons. The number of carbonyl (C=O) groups is 3. The van der Waals surface area contributed by atoms with Gasteiger partial charge in [-0.1, -0.05) is 30.8 Å². The second-order valence-electron chi connectivity index (χ2n) is 5.97. The number of ether oxygens (including phenoxy) is 1. The first kappa shape index (κ1) is 18.9. The molecule has 1 amide bonds. The van der Waals surface area contributed by atoms with Crippen LogP contribution in [0.4, 0.5) is 5.69 Å². The van der Waals surface area contributed by atoms with Crippen LogP contribution < -0.4 is 4.90 Å². The molecule has 5 nitrogen and oxygen atoms in total. The highest BCUT2D eigenvalue weighted by Gasteiger charge is 2.27. The number of methoxy groups -OCH3 is 1. The maximum atomic E-state index is 12.7. The van der Waals surface area contributed by atoms with Crippen molar-refractivity contribution >= 4 is 35.1 Å². The number of esters is 1. The molecule has 0 bridgehead atoms. The molecule has 0 unspecified atom stereocenters. The van der Waals surface area contributed by atoms with Gasteiger partial charge in [-0.05, 0) is 42.8 Å². The number of benzene rings is 2. The summed E-state index contributed by atoms with van der Waals surface area (Å²) in [6.45, 7) is 1.93. The molecule has 0 aromatic heterocycles.